The Labute approximate surface area is 117 Å². The fourth-order valence-corrected chi connectivity index (χ4v) is 2.77. The van der Waals surface area contributed by atoms with Gasteiger partial charge in [0, 0.05) is 18.2 Å². The third kappa shape index (κ3) is 5.10. The molecular formula is C11H18N4O4S. The topological polar surface area (TPSA) is 114 Å². The fraction of sp³-hybridized carbons (Fsp3) is 0.545. The first kappa shape index (κ1) is 16.3. The molecule has 8 nitrogen and oxygen atoms in total. The van der Waals surface area contributed by atoms with E-state index in [1.807, 2.05) is 0 Å². The lowest BCUT2D eigenvalue weighted by atomic mass is 10.1. The Morgan fingerprint density at radius 2 is 2.00 bits per heavy atom. The van der Waals surface area contributed by atoms with E-state index < -0.39 is 20.5 Å². The molecule has 1 aromatic rings. The molecule has 0 aliphatic carbocycles. The van der Waals surface area contributed by atoms with Gasteiger partial charge >= 0.3 is 0 Å². The molecule has 0 saturated carbocycles. The molecule has 20 heavy (non-hydrogen) atoms. The van der Waals surface area contributed by atoms with Gasteiger partial charge in [-0.15, -0.1) is 0 Å². The van der Waals surface area contributed by atoms with Gasteiger partial charge in [-0.2, -0.15) is 0 Å². The van der Waals surface area contributed by atoms with Crippen LogP contribution in [0.25, 0.3) is 0 Å². The quantitative estimate of drug-likeness (QED) is 0.599. The lowest BCUT2D eigenvalue weighted by Gasteiger charge is -2.25. The molecule has 0 atom stereocenters. The molecule has 1 aromatic heterocycles. The number of aromatic nitrogens is 1. The van der Waals surface area contributed by atoms with E-state index in [0.717, 1.165) is 6.26 Å². The van der Waals surface area contributed by atoms with Gasteiger partial charge in [-0.25, -0.2) is 18.1 Å². The number of nitrogens with zero attached hydrogens (tertiary/aromatic N) is 2. The number of sulfonamides is 1. The highest BCUT2D eigenvalue weighted by molar-refractivity contribution is 7.88. The van der Waals surface area contributed by atoms with E-state index in [1.54, 1.807) is 20.8 Å². The van der Waals surface area contributed by atoms with E-state index in [0.29, 0.717) is 18.1 Å². The smallest absolute Gasteiger partial charge is 0.290 e. The summed E-state index contributed by atoms with van der Waals surface area (Å²) < 4.78 is 24.9. The molecule has 0 fully saturated rings. The highest BCUT2D eigenvalue weighted by atomic mass is 32.2. The first-order valence-corrected chi connectivity index (χ1v) is 7.74. The van der Waals surface area contributed by atoms with E-state index >= 15 is 0 Å². The third-order valence-corrected chi connectivity index (χ3v) is 3.35. The van der Waals surface area contributed by atoms with Crippen molar-refractivity contribution < 1.29 is 13.3 Å². The summed E-state index contributed by atoms with van der Waals surface area (Å²) >= 11 is 0. The number of rotatable bonds is 6. The summed E-state index contributed by atoms with van der Waals surface area (Å²) in [5.74, 6) is 0.455. The molecule has 0 saturated heterocycles. The van der Waals surface area contributed by atoms with Crippen molar-refractivity contribution in [2.24, 2.45) is 0 Å². The van der Waals surface area contributed by atoms with Crippen molar-refractivity contribution in [2.45, 2.75) is 26.3 Å². The van der Waals surface area contributed by atoms with Crippen LogP contribution in [0.2, 0.25) is 0 Å². The number of hydrogen-bond donors (Lipinski definition) is 2. The largest absolute Gasteiger partial charge is 0.368 e. The highest BCUT2D eigenvalue weighted by Crippen LogP contribution is 2.18. The number of hydrogen-bond acceptors (Lipinski definition) is 6. The minimum Gasteiger partial charge on any atom is -0.368 e. The molecular weight excluding hydrogens is 284 g/mol. The minimum atomic E-state index is -3.31. The molecule has 0 amide bonds. The molecule has 0 aliphatic heterocycles. The van der Waals surface area contributed by atoms with Crippen molar-refractivity contribution >= 4 is 21.5 Å². The van der Waals surface area contributed by atoms with Crippen LogP contribution in [0.3, 0.4) is 0 Å². The summed E-state index contributed by atoms with van der Waals surface area (Å²) in [6.07, 6.45) is 1.09. The molecule has 0 radical (unpaired) electrons. The van der Waals surface area contributed by atoms with Gasteiger partial charge in [0.25, 0.3) is 5.69 Å². The monoisotopic (exact) mass is 302 g/mol. The van der Waals surface area contributed by atoms with Gasteiger partial charge in [-0.3, -0.25) is 10.1 Å². The van der Waals surface area contributed by atoms with Gasteiger partial charge in [0.15, 0.2) is 0 Å². The van der Waals surface area contributed by atoms with Gasteiger partial charge in [0.05, 0.1) is 11.2 Å². The first-order chi connectivity index (χ1) is 9.00. The number of nitrogens with one attached hydrogen (secondary N) is 2. The summed E-state index contributed by atoms with van der Waals surface area (Å²) in [6.45, 7) is 5.28. The van der Waals surface area contributed by atoms with E-state index in [9.17, 15) is 18.5 Å². The van der Waals surface area contributed by atoms with Gasteiger partial charge < -0.3 is 5.32 Å². The Kier molecular flexibility index (Phi) is 4.66. The zero-order chi connectivity index (χ0) is 15.6. The van der Waals surface area contributed by atoms with Crippen molar-refractivity contribution in [1.82, 2.24) is 9.71 Å². The number of pyridine rings is 1. The van der Waals surface area contributed by atoms with Crippen molar-refractivity contribution in [3.8, 4) is 0 Å². The maximum atomic E-state index is 11.2. The van der Waals surface area contributed by atoms with Crippen LogP contribution in [0.5, 0.6) is 0 Å². The van der Waals surface area contributed by atoms with E-state index in [2.05, 4.69) is 15.0 Å². The number of anilines is 1. The predicted molar refractivity (Wildman–Crippen MR) is 76.2 cm³/mol. The lowest BCUT2D eigenvalue weighted by Crippen LogP contribution is -2.47. The Bertz CT molecular complexity index is 613. The van der Waals surface area contributed by atoms with Gasteiger partial charge in [0.2, 0.25) is 10.0 Å². The summed E-state index contributed by atoms with van der Waals surface area (Å²) in [7, 11) is -3.31. The summed E-state index contributed by atoms with van der Waals surface area (Å²) in [6, 6.07) is 2.85. The van der Waals surface area contributed by atoms with Crippen LogP contribution in [0.4, 0.5) is 11.5 Å². The summed E-state index contributed by atoms with van der Waals surface area (Å²) in [4.78, 5) is 14.2. The van der Waals surface area contributed by atoms with E-state index in [1.165, 1.54) is 12.1 Å². The Hall–Kier alpha value is -1.74. The van der Waals surface area contributed by atoms with Crippen LogP contribution in [-0.4, -0.2) is 36.7 Å². The molecule has 1 rings (SSSR count). The van der Waals surface area contributed by atoms with Crippen LogP contribution in [0.1, 0.15) is 19.5 Å². The maximum absolute atomic E-state index is 11.2. The van der Waals surface area contributed by atoms with Crippen LogP contribution in [0.15, 0.2) is 12.1 Å². The SMILES string of the molecule is Cc1nc(NCC(C)(C)NS(C)(=O)=O)ccc1[N+](=O)[O-]. The van der Waals surface area contributed by atoms with Crippen molar-refractivity contribution in [1.29, 1.82) is 0 Å². The van der Waals surface area contributed by atoms with Crippen LogP contribution in [-0.2, 0) is 10.0 Å². The predicted octanol–water partition coefficient (Wildman–Crippen LogP) is 1.04. The van der Waals surface area contributed by atoms with Crippen molar-refractivity contribution in [2.75, 3.05) is 18.1 Å². The standard InChI is InChI=1S/C11H18N4O4S/c1-8-9(15(16)17)5-6-10(13-8)12-7-11(2,3)14-20(4,18)19/h5-6,14H,7H2,1-4H3,(H,12,13). The Morgan fingerprint density at radius 1 is 1.40 bits per heavy atom. The van der Waals surface area contributed by atoms with Crippen LogP contribution < -0.4 is 10.0 Å². The molecule has 0 spiro atoms. The molecule has 0 aliphatic rings. The van der Waals surface area contributed by atoms with Crippen LogP contribution >= 0.6 is 0 Å². The molecule has 0 aromatic carbocycles. The van der Waals surface area contributed by atoms with Gasteiger partial charge in [-0.05, 0) is 26.8 Å². The average Bonchev–Trinajstić information content (AvgIpc) is 2.22. The third-order valence-electron chi connectivity index (χ3n) is 2.43. The second kappa shape index (κ2) is 5.71. The molecule has 0 bridgehead atoms. The lowest BCUT2D eigenvalue weighted by molar-refractivity contribution is -0.385. The molecule has 0 unspecified atom stereocenters. The maximum Gasteiger partial charge on any atom is 0.290 e. The zero-order valence-electron chi connectivity index (χ0n) is 11.8. The minimum absolute atomic E-state index is 0.0518. The van der Waals surface area contributed by atoms with Crippen LogP contribution in [0, 0.1) is 17.0 Å². The van der Waals surface area contributed by atoms with Crippen molar-refractivity contribution in [3.05, 3.63) is 27.9 Å². The van der Waals surface area contributed by atoms with Gasteiger partial charge in [-0.1, -0.05) is 0 Å². The number of nitro groups is 1. The highest BCUT2D eigenvalue weighted by Gasteiger charge is 2.22. The van der Waals surface area contributed by atoms with E-state index in [-0.39, 0.29) is 5.69 Å². The second-order valence-electron chi connectivity index (χ2n) is 5.17. The number of aryl methyl sites for hydroxylation is 1. The summed E-state index contributed by atoms with van der Waals surface area (Å²) in [5, 5.41) is 13.6. The normalized spacial score (nSPS) is 12.2. The fourth-order valence-electron chi connectivity index (χ4n) is 1.69. The van der Waals surface area contributed by atoms with Gasteiger partial charge in [0.1, 0.15) is 11.5 Å². The molecule has 112 valence electrons. The van der Waals surface area contributed by atoms with E-state index in [4.69, 9.17) is 0 Å². The van der Waals surface area contributed by atoms with Crippen molar-refractivity contribution in [3.63, 3.8) is 0 Å². The first-order valence-electron chi connectivity index (χ1n) is 5.85. The zero-order valence-corrected chi connectivity index (χ0v) is 12.6. The Balaban J connectivity index is 2.76. The molecule has 9 heteroatoms. The molecule has 1 heterocycles. The molecule has 2 N–H and O–H groups in total. The Morgan fingerprint density at radius 3 is 2.45 bits per heavy atom. The summed E-state index contributed by atoms with van der Waals surface area (Å²) in [5.41, 5.74) is -0.455. The second-order valence-corrected chi connectivity index (χ2v) is 6.92. The average molecular weight is 302 g/mol.